The minimum atomic E-state index is -0.787. The highest BCUT2D eigenvalue weighted by atomic mass is 16.5. The van der Waals surface area contributed by atoms with E-state index in [-0.39, 0.29) is 5.91 Å². The number of nitrogens with one attached hydrogen (secondary N) is 1. The Labute approximate surface area is 140 Å². The van der Waals surface area contributed by atoms with Gasteiger partial charge in [-0.2, -0.15) is 0 Å². The van der Waals surface area contributed by atoms with Crippen molar-refractivity contribution in [3.05, 3.63) is 23.8 Å². The molecule has 0 fully saturated rings. The molecular weight excluding hydrogens is 290 g/mol. The lowest BCUT2D eigenvalue weighted by molar-refractivity contribution is -0.139. The van der Waals surface area contributed by atoms with E-state index in [0.29, 0.717) is 25.6 Å². The summed E-state index contributed by atoms with van der Waals surface area (Å²) >= 11 is 0. The van der Waals surface area contributed by atoms with Gasteiger partial charge in [0.2, 0.25) is 0 Å². The molecule has 0 saturated carbocycles. The summed E-state index contributed by atoms with van der Waals surface area (Å²) in [5.41, 5.74) is 0.994. The summed E-state index contributed by atoms with van der Waals surface area (Å²) in [5.74, 6) is 1.24. The number of amides is 1. The molecule has 0 unspecified atom stereocenters. The Morgan fingerprint density at radius 1 is 1.30 bits per heavy atom. The van der Waals surface area contributed by atoms with E-state index in [1.54, 1.807) is 0 Å². The number of anilines is 1. The van der Waals surface area contributed by atoms with E-state index in [1.165, 1.54) is 0 Å². The van der Waals surface area contributed by atoms with Crippen LogP contribution >= 0.6 is 0 Å². The molecule has 0 saturated heterocycles. The minimum Gasteiger partial charge on any atom is -0.493 e. The maximum absolute atomic E-state index is 12.6. The number of carbonyl (C=O) groups is 1. The molecule has 1 aromatic rings. The molecule has 0 aromatic heterocycles. The Morgan fingerprint density at radius 2 is 2.00 bits per heavy atom. The summed E-state index contributed by atoms with van der Waals surface area (Å²) in [6.07, 6.45) is 1.59. The van der Waals surface area contributed by atoms with Crippen LogP contribution in [0, 0.1) is 12.8 Å². The van der Waals surface area contributed by atoms with Crippen LogP contribution in [0.5, 0.6) is 5.75 Å². The Balaban J connectivity index is 2.80. The molecule has 0 aliphatic rings. The van der Waals surface area contributed by atoms with Crippen molar-refractivity contribution in [3.8, 4) is 5.75 Å². The zero-order valence-corrected chi connectivity index (χ0v) is 15.4. The van der Waals surface area contributed by atoms with E-state index in [2.05, 4.69) is 26.1 Å². The summed E-state index contributed by atoms with van der Waals surface area (Å²) in [6, 6.07) is 5.72. The van der Waals surface area contributed by atoms with Gasteiger partial charge in [-0.25, -0.2) is 0 Å². The molecule has 23 heavy (non-hydrogen) atoms. The highest BCUT2D eigenvalue weighted by molar-refractivity contribution is 5.97. The number of rotatable bonds is 9. The number of ether oxygens (including phenoxy) is 2. The summed E-state index contributed by atoms with van der Waals surface area (Å²) in [7, 11) is 0. The molecule has 1 amide bonds. The molecule has 4 nitrogen and oxygen atoms in total. The highest BCUT2D eigenvalue weighted by Gasteiger charge is 2.32. The standard InChI is InChI=1S/C19H31NO3/c1-7-11-19(6,23-8-2)18(21)20-16-9-10-17(15(5)12-16)22-13-14(3)4/h9-10,12,14H,7-8,11,13H2,1-6H3,(H,20,21)/t19-/m0/s1. The van der Waals surface area contributed by atoms with Crippen molar-refractivity contribution in [1.82, 2.24) is 0 Å². The summed E-state index contributed by atoms with van der Waals surface area (Å²) in [6.45, 7) is 13.2. The van der Waals surface area contributed by atoms with Crippen LogP contribution in [0.2, 0.25) is 0 Å². The Morgan fingerprint density at radius 3 is 2.52 bits per heavy atom. The van der Waals surface area contributed by atoms with E-state index in [9.17, 15) is 4.79 Å². The number of benzene rings is 1. The van der Waals surface area contributed by atoms with E-state index in [4.69, 9.17) is 9.47 Å². The van der Waals surface area contributed by atoms with Crippen molar-refractivity contribution >= 4 is 11.6 Å². The van der Waals surface area contributed by atoms with Crippen LogP contribution in [-0.4, -0.2) is 24.7 Å². The first-order valence-electron chi connectivity index (χ1n) is 8.51. The van der Waals surface area contributed by atoms with E-state index in [1.807, 2.05) is 39.0 Å². The van der Waals surface area contributed by atoms with Gasteiger partial charge in [0, 0.05) is 12.3 Å². The molecule has 1 rings (SSSR count). The van der Waals surface area contributed by atoms with Gasteiger partial charge in [-0.05, 0) is 56.9 Å². The second kappa shape index (κ2) is 8.92. The molecule has 1 aromatic carbocycles. The highest BCUT2D eigenvalue weighted by Crippen LogP contribution is 2.25. The van der Waals surface area contributed by atoms with Crippen LogP contribution in [0.4, 0.5) is 5.69 Å². The zero-order chi connectivity index (χ0) is 17.5. The van der Waals surface area contributed by atoms with Gasteiger partial charge in [-0.3, -0.25) is 4.79 Å². The SMILES string of the molecule is CCC[C@](C)(OCC)C(=O)Nc1ccc(OCC(C)C)c(C)c1. The molecule has 0 bridgehead atoms. The second-order valence-electron chi connectivity index (χ2n) is 6.55. The van der Waals surface area contributed by atoms with Crippen molar-refractivity contribution in [2.24, 2.45) is 5.92 Å². The Hall–Kier alpha value is -1.55. The first kappa shape index (κ1) is 19.5. The van der Waals surface area contributed by atoms with Crippen molar-refractivity contribution in [2.75, 3.05) is 18.5 Å². The van der Waals surface area contributed by atoms with Crippen molar-refractivity contribution in [3.63, 3.8) is 0 Å². The topological polar surface area (TPSA) is 47.6 Å². The van der Waals surface area contributed by atoms with Gasteiger partial charge in [0.05, 0.1) is 6.61 Å². The summed E-state index contributed by atoms with van der Waals surface area (Å²) < 4.78 is 11.5. The Bertz CT molecular complexity index is 505. The maximum Gasteiger partial charge on any atom is 0.256 e. The van der Waals surface area contributed by atoms with Crippen molar-refractivity contribution < 1.29 is 14.3 Å². The van der Waals surface area contributed by atoms with Crippen LogP contribution in [0.25, 0.3) is 0 Å². The fourth-order valence-corrected chi connectivity index (χ4v) is 2.46. The van der Waals surface area contributed by atoms with E-state index >= 15 is 0 Å². The first-order chi connectivity index (χ1) is 10.8. The molecule has 0 heterocycles. The van der Waals surface area contributed by atoms with Gasteiger partial charge in [-0.1, -0.05) is 27.2 Å². The Kier molecular flexibility index (Phi) is 7.56. The quantitative estimate of drug-likeness (QED) is 0.725. The molecule has 130 valence electrons. The van der Waals surface area contributed by atoms with Gasteiger partial charge in [0.1, 0.15) is 11.4 Å². The average molecular weight is 321 g/mol. The van der Waals surface area contributed by atoms with Crippen LogP contribution in [0.1, 0.15) is 53.0 Å². The van der Waals surface area contributed by atoms with E-state index in [0.717, 1.165) is 23.4 Å². The van der Waals surface area contributed by atoms with Crippen molar-refractivity contribution in [1.29, 1.82) is 0 Å². The number of aryl methyl sites for hydroxylation is 1. The summed E-state index contributed by atoms with van der Waals surface area (Å²) in [5, 5.41) is 2.97. The predicted octanol–water partition coefficient (Wildman–Crippen LogP) is 4.56. The third-order valence-electron chi connectivity index (χ3n) is 3.68. The van der Waals surface area contributed by atoms with Crippen molar-refractivity contribution in [2.45, 2.75) is 60.0 Å². The molecular formula is C19H31NO3. The lowest BCUT2D eigenvalue weighted by atomic mass is 9.99. The smallest absolute Gasteiger partial charge is 0.256 e. The van der Waals surface area contributed by atoms with E-state index < -0.39 is 5.60 Å². The fourth-order valence-electron chi connectivity index (χ4n) is 2.46. The molecule has 1 N–H and O–H groups in total. The lowest BCUT2D eigenvalue weighted by Crippen LogP contribution is -2.42. The maximum atomic E-state index is 12.6. The summed E-state index contributed by atoms with van der Waals surface area (Å²) in [4.78, 5) is 12.6. The van der Waals surface area contributed by atoms with Crippen LogP contribution in [0.3, 0.4) is 0 Å². The zero-order valence-electron chi connectivity index (χ0n) is 15.4. The lowest BCUT2D eigenvalue weighted by Gasteiger charge is -2.28. The minimum absolute atomic E-state index is 0.101. The van der Waals surface area contributed by atoms with Gasteiger partial charge in [0.15, 0.2) is 0 Å². The molecule has 1 atom stereocenters. The number of hydrogen-bond acceptors (Lipinski definition) is 3. The molecule has 0 radical (unpaired) electrons. The van der Waals surface area contributed by atoms with Gasteiger partial charge in [-0.15, -0.1) is 0 Å². The number of carbonyl (C=O) groups excluding carboxylic acids is 1. The molecule has 0 spiro atoms. The monoisotopic (exact) mass is 321 g/mol. The number of hydrogen-bond donors (Lipinski definition) is 1. The molecule has 4 heteroatoms. The molecule has 0 aliphatic carbocycles. The molecule has 0 aliphatic heterocycles. The van der Waals surface area contributed by atoms with Crippen LogP contribution in [0.15, 0.2) is 18.2 Å². The predicted molar refractivity (Wildman–Crippen MR) is 95.1 cm³/mol. The van der Waals surface area contributed by atoms with Gasteiger partial charge >= 0.3 is 0 Å². The van der Waals surface area contributed by atoms with Gasteiger partial charge in [0.25, 0.3) is 5.91 Å². The largest absolute Gasteiger partial charge is 0.493 e. The van der Waals surface area contributed by atoms with Gasteiger partial charge < -0.3 is 14.8 Å². The van der Waals surface area contributed by atoms with Crippen LogP contribution < -0.4 is 10.1 Å². The third-order valence-corrected chi connectivity index (χ3v) is 3.68. The first-order valence-corrected chi connectivity index (χ1v) is 8.51. The normalized spacial score (nSPS) is 13.7. The second-order valence-corrected chi connectivity index (χ2v) is 6.55. The fraction of sp³-hybridized carbons (Fsp3) is 0.632. The third kappa shape index (κ3) is 5.87. The van der Waals surface area contributed by atoms with Crippen LogP contribution in [-0.2, 0) is 9.53 Å². The average Bonchev–Trinajstić information content (AvgIpc) is 2.46.